The largest absolute Gasteiger partial charge is 0.355 e. The zero-order valence-corrected chi connectivity index (χ0v) is 14.2. The number of anilines is 1. The third-order valence-electron chi connectivity index (χ3n) is 4.14. The molecular weight excluding hydrogens is 260 g/mol. The molecular formula is C17H30N4. The summed E-state index contributed by atoms with van der Waals surface area (Å²) in [6.45, 7) is 9.81. The smallest absolute Gasteiger partial charge is 0.128 e. The fraction of sp³-hybridized carbons (Fsp3) is 0.706. The lowest BCUT2D eigenvalue weighted by atomic mass is 10.0. The van der Waals surface area contributed by atoms with E-state index in [1.54, 1.807) is 0 Å². The van der Waals surface area contributed by atoms with Crippen molar-refractivity contribution in [3.05, 3.63) is 23.9 Å². The summed E-state index contributed by atoms with van der Waals surface area (Å²) in [5, 5.41) is 3.54. The summed E-state index contributed by atoms with van der Waals surface area (Å²) in [6.07, 6.45) is 4.46. The van der Waals surface area contributed by atoms with Crippen LogP contribution in [0.5, 0.6) is 0 Å². The number of hydrogen-bond donors (Lipinski definition) is 1. The molecule has 1 aliphatic rings. The second-order valence-electron chi connectivity index (χ2n) is 7.30. The third kappa shape index (κ3) is 4.97. The molecule has 118 valence electrons. The summed E-state index contributed by atoms with van der Waals surface area (Å²) in [5.74, 6) is 1.09. The molecule has 0 saturated carbocycles. The first-order valence-corrected chi connectivity index (χ1v) is 7.96. The molecule has 4 nitrogen and oxygen atoms in total. The molecule has 1 aromatic heterocycles. The predicted octanol–water partition coefficient (Wildman–Crippen LogP) is 2.50. The van der Waals surface area contributed by atoms with Gasteiger partial charge in [0.1, 0.15) is 5.82 Å². The minimum atomic E-state index is 0.140. The van der Waals surface area contributed by atoms with Gasteiger partial charge >= 0.3 is 0 Å². The molecule has 0 amide bonds. The molecule has 0 aliphatic carbocycles. The van der Waals surface area contributed by atoms with Crippen molar-refractivity contribution in [1.29, 1.82) is 0 Å². The molecule has 1 unspecified atom stereocenters. The molecule has 1 atom stereocenters. The van der Waals surface area contributed by atoms with E-state index in [0.717, 1.165) is 18.9 Å². The number of likely N-dealkylation sites (N-methyl/N-ethyl adjacent to an activating group) is 2. The molecule has 0 radical (unpaired) electrons. The quantitative estimate of drug-likeness (QED) is 0.923. The zero-order valence-electron chi connectivity index (χ0n) is 14.2. The van der Waals surface area contributed by atoms with Gasteiger partial charge in [-0.1, -0.05) is 0 Å². The normalized spacial score (nSPS) is 20.5. The predicted molar refractivity (Wildman–Crippen MR) is 89.8 cm³/mol. The Labute approximate surface area is 129 Å². The summed E-state index contributed by atoms with van der Waals surface area (Å²) >= 11 is 0. The molecule has 1 N–H and O–H groups in total. The average Bonchev–Trinajstić information content (AvgIpc) is 2.44. The van der Waals surface area contributed by atoms with Crippen LogP contribution in [0.3, 0.4) is 0 Å². The van der Waals surface area contributed by atoms with E-state index in [-0.39, 0.29) is 5.54 Å². The van der Waals surface area contributed by atoms with Crippen molar-refractivity contribution in [2.75, 3.05) is 32.1 Å². The molecule has 2 rings (SSSR count). The number of aromatic nitrogens is 1. The van der Waals surface area contributed by atoms with Crippen LogP contribution in [0, 0.1) is 0 Å². The fourth-order valence-electron chi connectivity index (χ4n) is 2.77. The lowest BCUT2D eigenvalue weighted by molar-refractivity contribution is 0.247. The number of nitrogens with one attached hydrogen (secondary N) is 1. The summed E-state index contributed by atoms with van der Waals surface area (Å²) < 4.78 is 0. The molecule has 21 heavy (non-hydrogen) atoms. The average molecular weight is 290 g/mol. The van der Waals surface area contributed by atoms with Gasteiger partial charge < -0.3 is 15.1 Å². The minimum absolute atomic E-state index is 0.140. The first-order valence-electron chi connectivity index (χ1n) is 7.96. The SMILES string of the molecule is CN1CCCC(N(C)c2cc(CNC(C)(C)C)ccn2)C1. The maximum atomic E-state index is 4.56. The van der Waals surface area contributed by atoms with Crippen molar-refractivity contribution in [3.63, 3.8) is 0 Å². The molecule has 1 aromatic rings. The number of nitrogens with zero attached hydrogens (tertiary/aromatic N) is 3. The van der Waals surface area contributed by atoms with Crippen LogP contribution in [-0.4, -0.2) is 48.6 Å². The van der Waals surface area contributed by atoms with Crippen LogP contribution in [0.15, 0.2) is 18.3 Å². The van der Waals surface area contributed by atoms with Gasteiger partial charge in [-0.2, -0.15) is 0 Å². The standard InChI is InChI=1S/C17H30N4/c1-17(2,3)19-12-14-8-9-18-16(11-14)21(5)15-7-6-10-20(4)13-15/h8-9,11,15,19H,6-7,10,12-13H2,1-5H3. The number of hydrogen-bond acceptors (Lipinski definition) is 4. The number of pyridine rings is 1. The summed E-state index contributed by atoms with van der Waals surface area (Å²) in [6, 6.07) is 4.89. The molecule has 0 spiro atoms. The van der Waals surface area contributed by atoms with Crippen LogP contribution >= 0.6 is 0 Å². The lowest BCUT2D eigenvalue weighted by Gasteiger charge is -2.36. The molecule has 1 fully saturated rings. The third-order valence-corrected chi connectivity index (χ3v) is 4.14. The van der Waals surface area contributed by atoms with Gasteiger partial charge in [-0.05, 0) is 64.9 Å². The Morgan fingerprint density at radius 1 is 1.43 bits per heavy atom. The van der Waals surface area contributed by atoms with E-state index >= 15 is 0 Å². The molecule has 0 aromatic carbocycles. The van der Waals surface area contributed by atoms with Crippen LogP contribution in [0.2, 0.25) is 0 Å². The van der Waals surface area contributed by atoms with Gasteiger partial charge in [-0.25, -0.2) is 4.98 Å². The van der Waals surface area contributed by atoms with Crippen LogP contribution in [0.1, 0.15) is 39.2 Å². The number of piperidine rings is 1. The highest BCUT2D eigenvalue weighted by Gasteiger charge is 2.22. The fourth-order valence-corrected chi connectivity index (χ4v) is 2.77. The number of likely N-dealkylation sites (tertiary alicyclic amines) is 1. The van der Waals surface area contributed by atoms with Gasteiger partial charge in [0.2, 0.25) is 0 Å². The first kappa shape index (κ1) is 16.2. The van der Waals surface area contributed by atoms with Crippen LogP contribution < -0.4 is 10.2 Å². The van der Waals surface area contributed by atoms with Crippen molar-refractivity contribution in [1.82, 2.24) is 15.2 Å². The maximum Gasteiger partial charge on any atom is 0.128 e. The van der Waals surface area contributed by atoms with E-state index in [1.807, 2.05) is 6.20 Å². The zero-order chi connectivity index (χ0) is 15.5. The summed E-state index contributed by atoms with van der Waals surface area (Å²) in [4.78, 5) is 9.32. The molecule has 2 heterocycles. The van der Waals surface area contributed by atoms with Crippen LogP contribution in [0.4, 0.5) is 5.82 Å². The highest BCUT2D eigenvalue weighted by Crippen LogP contribution is 2.20. The van der Waals surface area contributed by atoms with Gasteiger partial charge in [0.15, 0.2) is 0 Å². The maximum absolute atomic E-state index is 4.56. The van der Waals surface area contributed by atoms with Gasteiger partial charge in [-0.3, -0.25) is 0 Å². The Bertz CT molecular complexity index is 452. The second-order valence-corrected chi connectivity index (χ2v) is 7.30. The second kappa shape index (κ2) is 6.75. The summed E-state index contributed by atoms with van der Waals surface area (Å²) in [7, 11) is 4.38. The Hall–Kier alpha value is -1.13. The van der Waals surface area contributed by atoms with Gasteiger partial charge in [0.25, 0.3) is 0 Å². The molecule has 0 bridgehead atoms. The Balaban J connectivity index is 2.02. The Morgan fingerprint density at radius 3 is 2.86 bits per heavy atom. The van der Waals surface area contributed by atoms with Gasteiger partial charge in [-0.15, -0.1) is 0 Å². The molecule has 1 aliphatic heterocycles. The van der Waals surface area contributed by atoms with Gasteiger partial charge in [0, 0.05) is 37.9 Å². The minimum Gasteiger partial charge on any atom is -0.355 e. The van der Waals surface area contributed by atoms with Crippen molar-refractivity contribution in [2.24, 2.45) is 0 Å². The van der Waals surface area contributed by atoms with Crippen molar-refractivity contribution < 1.29 is 0 Å². The lowest BCUT2D eigenvalue weighted by Crippen LogP contribution is -2.45. The monoisotopic (exact) mass is 290 g/mol. The topological polar surface area (TPSA) is 31.4 Å². The molecule has 4 heteroatoms. The molecule has 1 saturated heterocycles. The van der Waals surface area contributed by atoms with E-state index in [0.29, 0.717) is 6.04 Å². The van der Waals surface area contributed by atoms with E-state index in [4.69, 9.17) is 0 Å². The number of rotatable bonds is 4. The van der Waals surface area contributed by atoms with Crippen molar-refractivity contribution in [2.45, 2.75) is 51.7 Å². The van der Waals surface area contributed by atoms with E-state index < -0.39 is 0 Å². The Morgan fingerprint density at radius 2 is 2.19 bits per heavy atom. The van der Waals surface area contributed by atoms with E-state index in [1.165, 1.54) is 24.9 Å². The summed E-state index contributed by atoms with van der Waals surface area (Å²) in [5.41, 5.74) is 1.44. The van der Waals surface area contributed by atoms with Crippen LogP contribution in [0.25, 0.3) is 0 Å². The van der Waals surface area contributed by atoms with E-state index in [2.05, 4.69) is 67.1 Å². The van der Waals surface area contributed by atoms with Crippen molar-refractivity contribution in [3.8, 4) is 0 Å². The highest BCUT2D eigenvalue weighted by atomic mass is 15.2. The van der Waals surface area contributed by atoms with E-state index in [9.17, 15) is 0 Å². The van der Waals surface area contributed by atoms with Crippen LogP contribution in [-0.2, 0) is 6.54 Å². The van der Waals surface area contributed by atoms with Crippen molar-refractivity contribution >= 4 is 5.82 Å². The first-order chi connectivity index (χ1) is 9.85. The van der Waals surface area contributed by atoms with Gasteiger partial charge in [0.05, 0.1) is 0 Å². The highest BCUT2D eigenvalue weighted by molar-refractivity contribution is 5.41. The Kier molecular flexibility index (Phi) is 5.22.